The number of aromatic nitrogens is 1. The highest BCUT2D eigenvalue weighted by Crippen LogP contribution is 2.21. The molecule has 6 nitrogen and oxygen atoms in total. The normalized spacial score (nSPS) is 14.1. The average molecular weight is 429 g/mol. The van der Waals surface area contributed by atoms with Gasteiger partial charge in [-0.1, -0.05) is 0 Å². The quantitative estimate of drug-likeness (QED) is 0.654. The fourth-order valence-electron chi connectivity index (χ4n) is 2.92. The van der Waals surface area contributed by atoms with Crippen molar-refractivity contribution >= 4 is 54.6 Å². The van der Waals surface area contributed by atoms with Gasteiger partial charge in [-0.3, -0.25) is 4.79 Å². The Labute approximate surface area is 175 Å². The van der Waals surface area contributed by atoms with Crippen molar-refractivity contribution in [1.82, 2.24) is 15.2 Å². The van der Waals surface area contributed by atoms with Crippen LogP contribution in [0, 0.1) is 0 Å². The topological polar surface area (TPSA) is 60.5 Å². The maximum atomic E-state index is 11.8. The van der Waals surface area contributed by atoms with Crippen LogP contribution in [0.25, 0.3) is 0 Å². The van der Waals surface area contributed by atoms with E-state index in [0.717, 1.165) is 31.7 Å². The summed E-state index contributed by atoms with van der Waals surface area (Å²) in [5.74, 6) is 0.652. The summed E-state index contributed by atoms with van der Waals surface area (Å²) in [6.07, 6.45) is 5.57. The van der Waals surface area contributed by atoms with Crippen LogP contribution in [-0.4, -0.2) is 62.6 Å². The Morgan fingerprint density at radius 1 is 1.23 bits per heavy atom. The number of pyridine rings is 1. The maximum Gasteiger partial charge on any atom is 0.225 e. The van der Waals surface area contributed by atoms with E-state index in [-0.39, 0.29) is 43.1 Å². The molecule has 1 saturated heterocycles. The zero-order valence-corrected chi connectivity index (χ0v) is 18.2. The van der Waals surface area contributed by atoms with Gasteiger partial charge in [-0.05, 0) is 59.1 Å². The largest absolute Gasteiger partial charge is 0.370 e. The zero-order valence-electron chi connectivity index (χ0n) is 15.7. The van der Waals surface area contributed by atoms with Gasteiger partial charge in [-0.15, -0.1) is 37.2 Å². The third-order valence-corrected chi connectivity index (χ3v) is 4.41. The van der Waals surface area contributed by atoms with Crippen LogP contribution in [0.1, 0.15) is 25.7 Å². The second-order valence-electron chi connectivity index (χ2n) is 6.34. The summed E-state index contributed by atoms with van der Waals surface area (Å²) in [6.45, 7) is 2.96. The molecule has 0 saturated carbocycles. The molecule has 0 aromatic carbocycles. The molecule has 0 radical (unpaired) electrons. The van der Waals surface area contributed by atoms with Crippen LogP contribution in [0.15, 0.2) is 18.3 Å². The number of halogens is 3. The van der Waals surface area contributed by atoms with Crippen LogP contribution in [0.3, 0.4) is 0 Å². The first-order valence-corrected chi connectivity index (χ1v) is 8.42. The predicted octanol–water partition coefficient (Wildman–Crippen LogP) is 2.82. The molecule has 1 amide bonds. The molecule has 0 spiro atoms. The van der Waals surface area contributed by atoms with Crippen molar-refractivity contribution in [1.29, 1.82) is 0 Å². The van der Waals surface area contributed by atoms with Gasteiger partial charge in [0, 0.05) is 25.6 Å². The van der Waals surface area contributed by atoms with E-state index in [0.29, 0.717) is 18.3 Å². The molecule has 0 atom stereocenters. The van der Waals surface area contributed by atoms with Crippen molar-refractivity contribution in [2.45, 2.75) is 31.7 Å². The number of nitrogens with zero attached hydrogens (tertiary/aromatic N) is 3. The minimum atomic E-state index is 0. The van der Waals surface area contributed by atoms with Crippen molar-refractivity contribution in [2.75, 3.05) is 51.0 Å². The average Bonchev–Trinajstić information content (AvgIpc) is 2.56. The van der Waals surface area contributed by atoms with Crippen molar-refractivity contribution in [3.63, 3.8) is 0 Å². The number of amides is 1. The Kier molecular flexibility index (Phi) is 15.1. The maximum absolute atomic E-state index is 11.8. The predicted molar refractivity (Wildman–Crippen MR) is 117 cm³/mol. The van der Waals surface area contributed by atoms with Gasteiger partial charge in [0.25, 0.3) is 0 Å². The first-order valence-electron chi connectivity index (χ1n) is 8.42. The highest BCUT2D eigenvalue weighted by atomic mass is 35.5. The molecule has 1 aromatic heterocycles. The van der Waals surface area contributed by atoms with Crippen LogP contribution in [0.2, 0.25) is 0 Å². The zero-order chi connectivity index (χ0) is 16.7. The minimum Gasteiger partial charge on any atom is -0.370 e. The molecule has 2 N–H and O–H groups in total. The summed E-state index contributed by atoms with van der Waals surface area (Å²) in [5.41, 5.74) is 1.13. The SMILES string of the molecule is CNCCCC(=O)Nc1ccc(N2CCC(N(C)C)CC2)cn1.Cl.Cl.Cl. The van der Waals surface area contributed by atoms with E-state index in [1.807, 2.05) is 25.4 Å². The van der Waals surface area contributed by atoms with Gasteiger partial charge in [-0.25, -0.2) is 4.98 Å². The molecule has 26 heavy (non-hydrogen) atoms. The molecular weight excluding hydrogens is 397 g/mol. The van der Waals surface area contributed by atoms with E-state index in [4.69, 9.17) is 0 Å². The van der Waals surface area contributed by atoms with E-state index < -0.39 is 0 Å². The van der Waals surface area contributed by atoms with Gasteiger partial charge in [0.1, 0.15) is 5.82 Å². The summed E-state index contributed by atoms with van der Waals surface area (Å²) >= 11 is 0. The second kappa shape index (κ2) is 14.3. The molecule has 0 unspecified atom stereocenters. The first-order chi connectivity index (χ1) is 11.1. The minimum absolute atomic E-state index is 0. The first kappa shape index (κ1) is 27.4. The highest BCUT2D eigenvalue weighted by Gasteiger charge is 2.20. The van der Waals surface area contributed by atoms with Crippen LogP contribution in [0.4, 0.5) is 11.5 Å². The Morgan fingerprint density at radius 2 is 1.88 bits per heavy atom. The van der Waals surface area contributed by atoms with Gasteiger partial charge in [0.15, 0.2) is 0 Å². The molecular formula is C17H32Cl3N5O. The fraction of sp³-hybridized carbons (Fsp3) is 0.647. The van der Waals surface area contributed by atoms with Crippen molar-refractivity contribution in [3.05, 3.63) is 18.3 Å². The number of rotatable bonds is 7. The Hall–Kier alpha value is -0.790. The van der Waals surface area contributed by atoms with E-state index in [9.17, 15) is 4.79 Å². The molecule has 1 aromatic rings. The lowest BCUT2D eigenvalue weighted by Crippen LogP contribution is -2.42. The third kappa shape index (κ3) is 8.73. The fourth-order valence-corrected chi connectivity index (χ4v) is 2.92. The standard InChI is InChI=1S/C17H29N5O.3ClH/c1-18-10-4-5-17(23)20-16-7-6-15(13-19-16)22-11-8-14(9-12-22)21(2)3;;;/h6-7,13-14,18H,4-5,8-12H2,1-3H3,(H,19,20,23);3*1H. The number of nitrogens with one attached hydrogen (secondary N) is 2. The molecule has 9 heteroatoms. The summed E-state index contributed by atoms with van der Waals surface area (Å²) in [5, 5.41) is 5.89. The van der Waals surface area contributed by atoms with Crippen LogP contribution in [-0.2, 0) is 4.79 Å². The lowest BCUT2D eigenvalue weighted by Gasteiger charge is -2.36. The lowest BCUT2D eigenvalue weighted by molar-refractivity contribution is -0.116. The summed E-state index contributed by atoms with van der Waals surface area (Å²) < 4.78 is 0. The van der Waals surface area contributed by atoms with Crippen LogP contribution in [0.5, 0.6) is 0 Å². The molecule has 0 bridgehead atoms. The molecule has 1 aliphatic rings. The highest BCUT2D eigenvalue weighted by molar-refractivity contribution is 5.89. The molecule has 2 heterocycles. The van der Waals surface area contributed by atoms with Crippen LogP contribution >= 0.6 is 37.2 Å². The number of anilines is 2. The molecule has 0 aliphatic carbocycles. The van der Waals surface area contributed by atoms with Crippen molar-refractivity contribution in [2.24, 2.45) is 0 Å². The second-order valence-corrected chi connectivity index (χ2v) is 6.34. The third-order valence-electron chi connectivity index (χ3n) is 4.41. The smallest absolute Gasteiger partial charge is 0.225 e. The summed E-state index contributed by atoms with van der Waals surface area (Å²) in [6, 6.07) is 4.62. The van der Waals surface area contributed by atoms with Gasteiger partial charge < -0.3 is 20.4 Å². The van der Waals surface area contributed by atoms with Crippen LogP contribution < -0.4 is 15.5 Å². The van der Waals surface area contributed by atoms with Crippen molar-refractivity contribution < 1.29 is 4.79 Å². The number of hydrogen-bond donors (Lipinski definition) is 2. The van der Waals surface area contributed by atoms with Crippen molar-refractivity contribution in [3.8, 4) is 0 Å². The Bertz CT molecular complexity index is 494. The number of piperidine rings is 1. The van der Waals surface area contributed by atoms with E-state index in [1.165, 1.54) is 12.8 Å². The van der Waals surface area contributed by atoms with Gasteiger partial charge in [0.05, 0.1) is 11.9 Å². The monoisotopic (exact) mass is 427 g/mol. The molecule has 2 rings (SSSR count). The number of carbonyl (C=O) groups excluding carboxylic acids is 1. The molecule has 152 valence electrons. The van der Waals surface area contributed by atoms with Gasteiger partial charge in [0.2, 0.25) is 5.91 Å². The number of carbonyl (C=O) groups is 1. The van der Waals surface area contributed by atoms with E-state index in [1.54, 1.807) is 0 Å². The molecule has 1 aliphatic heterocycles. The lowest BCUT2D eigenvalue weighted by atomic mass is 10.0. The van der Waals surface area contributed by atoms with Gasteiger partial charge in [-0.2, -0.15) is 0 Å². The number of hydrogen-bond acceptors (Lipinski definition) is 5. The van der Waals surface area contributed by atoms with Gasteiger partial charge >= 0.3 is 0 Å². The summed E-state index contributed by atoms with van der Waals surface area (Å²) in [7, 11) is 6.19. The summed E-state index contributed by atoms with van der Waals surface area (Å²) in [4.78, 5) is 20.8. The Balaban J connectivity index is 0. The van der Waals surface area contributed by atoms with E-state index in [2.05, 4.69) is 39.5 Å². The Morgan fingerprint density at radius 3 is 2.38 bits per heavy atom. The molecule has 1 fully saturated rings. The van der Waals surface area contributed by atoms with E-state index >= 15 is 0 Å².